The number of fused-ring (bicyclic) bond motifs is 1. The van der Waals surface area contributed by atoms with Crippen molar-refractivity contribution in [3.8, 4) is 5.75 Å². The molecule has 1 aliphatic heterocycles. The van der Waals surface area contributed by atoms with Crippen molar-refractivity contribution >= 4 is 34.0 Å². The highest BCUT2D eigenvalue weighted by atomic mass is 35.5. The molecule has 2 heterocycles. The fraction of sp³-hybridized carbons (Fsp3) is 0.562. The molecule has 2 N–H and O–H groups in total. The number of likely N-dealkylation sites (tertiary alicyclic amines) is 1. The van der Waals surface area contributed by atoms with E-state index >= 15 is 0 Å². The van der Waals surface area contributed by atoms with Gasteiger partial charge in [0.25, 0.3) is 0 Å². The maximum Gasteiger partial charge on any atom is 0.120 e. The van der Waals surface area contributed by atoms with E-state index in [-0.39, 0.29) is 12.4 Å². The van der Waals surface area contributed by atoms with E-state index in [0.29, 0.717) is 12.0 Å². The lowest BCUT2D eigenvalue weighted by Crippen LogP contribution is -2.39. The van der Waals surface area contributed by atoms with Crippen LogP contribution in [0.15, 0.2) is 18.2 Å². The van der Waals surface area contributed by atoms with Gasteiger partial charge in [-0.25, -0.2) is 4.98 Å². The molecule has 22 heavy (non-hydrogen) atoms. The van der Waals surface area contributed by atoms with Crippen molar-refractivity contribution in [2.45, 2.75) is 32.4 Å². The molecule has 1 saturated heterocycles. The fourth-order valence-corrected chi connectivity index (χ4v) is 4.01. The summed E-state index contributed by atoms with van der Waals surface area (Å²) in [5.41, 5.74) is 7.07. The summed E-state index contributed by atoms with van der Waals surface area (Å²) in [6, 6.07) is 6.40. The minimum atomic E-state index is 0. The molecule has 1 aromatic heterocycles. The van der Waals surface area contributed by atoms with E-state index in [4.69, 9.17) is 15.5 Å². The Morgan fingerprint density at radius 1 is 1.41 bits per heavy atom. The molecule has 0 saturated carbocycles. The van der Waals surface area contributed by atoms with Crippen molar-refractivity contribution in [3.63, 3.8) is 0 Å². The average molecular weight is 342 g/mol. The molecule has 0 radical (unpaired) electrons. The largest absolute Gasteiger partial charge is 0.497 e. The van der Waals surface area contributed by atoms with E-state index in [1.54, 1.807) is 18.4 Å². The highest BCUT2D eigenvalue weighted by Gasteiger charge is 2.22. The first-order chi connectivity index (χ1) is 10.2. The Labute approximate surface area is 142 Å². The first kappa shape index (κ1) is 17.5. The smallest absolute Gasteiger partial charge is 0.120 e. The summed E-state index contributed by atoms with van der Waals surface area (Å²) in [6.45, 7) is 5.34. The van der Waals surface area contributed by atoms with Crippen LogP contribution in [0.5, 0.6) is 5.75 Å². The zero-order chi connectivity index (χ0) is 14.8. The Hall–Kier alpha value is -0.880. The van der Waals surface area contributed by atoms with E-state index in [1.807, 2.05) is 12.1 Å². The van der Waals surface area contributed by atoms with Crippen LogP contribution in [0.4, 0.5) is 0 Å². The summed E-state index contributed by atoms with van der Waals surface area (Å²) in [5, 5.41) is 1.19. The Kier molecular flexibility index (Phi) is 6.03. The van der Waals surface area contributed by atoms with Crippen molar-refractivity contribution in [2.24, 2.45) is 11.7 Å². The second-order valence-electron chi connectivity index (χ2n) is 5.91. The van der Waals surface area contributed by atoms with Gasteiger partial charge in [-0.3, -0.25) is 4.90 Å². The molecule has 1 atom stereocenters. The van der Waals surface area contributed by atoms with Gasteiger partial charge in [0, 0.05) is 6.04 Å². The molecule has 122 valence electrons. The molecule has 3 rings (SSSR count). The van der Waals surface area contributed by atoms with Gasteiger partial charge in [0.1, 0.15) is 10.8 Å². The van der Waals surface area contributed by atoms with E-state index in [0.717, 1.165) is 30.9 Å². The van der Waals surface area contributed by atoms with Gasteiger partial charge in [-0.1, -0.05) is 0 Å². The number of nitrogens with two attached hydrogens (primary N) is 1. The van der Waals surface area contributed by atoms with Gasteiger partial charge in [-0.2, -0.15) is 0 Å². The number of halogens is 1. The SMILES string of the molecule is COc1ccc2nc(CN3CCC(C(C)N)CC3)sc2c1.Cl. The third-order valence-electron chi connectivity index (χ3n) is 4.37. The van der Waals surface area contributed by atoms with Crippen LogP contribution in [0.25, 0.3) is 10.2 Å². The maximum absolute atomic E-state index is 6.00. The summed E-state index contributed by atoms with van der Waals surface area (Å²) < 4.78 is 6.48. The first-order valence-electron chi connectivity index (χ1n) is 7.57. The van der Waals surface area contributed by atoms with Crippen LogP contribution in [-0.4, -0.2) is 36.1 Å². The predicted octanol–water partition coefficient (Wildman–Crippen LogP) is 3.29. The number of hydrogen-bond acceptors (Lipinski definition) is 5. The Balaban J connectivity index is 0.00000176. The molecule has 6 heteroatoms. The van der Waals surface area contributed by atoms with Crippen LogP contribution >= 0.6 is 23.7 Å². The Morgan fingerprint density at radius 3 is 2.77 bits per heavy atom. The van der Waals surface area contributed by atoms with Crippen molar-refractivity contribution in [1.82, 2.24) is 9.88 Å². The molecule has 0 spiro atoms. The molecule has 1 aromatic carbocycles. The van der Waals surface area contributed by atoms with Crippen LogP contribution < -0.4 is 10.5 Å². The molecule has 1 unspecified atom stereocenters. The van der Waals surface area contributed by atoms with Gasteiger partial charge >= 0.3 is 0 Å². The molecule has 4 nitrogen and oxygen atoms in total. The lowest BCUT2D eigenvalue weighted by atomic mass is 9.91. The van der Waals surface area contributed by atoms with E-state index in [9.17, 15) is 0 Å². The van der Waals surface area contributed by atoms with Crippen LogP contribution in [0.1, 0.15) is 24.8 Å². The first-order valence-corrected chi connectivity index (χ1v) is 8.39. The minimum Gasteiger partial charge on any atom is -0.497 e. The van der Waals surface area contributed by atoms with Crippen molar-refractivity contribution in [2.75, 3.05) is 20.2 Å². The van der Waals surface area contributed by atoms with Gasteiger partial charge in [0.15, 0.2) is 0 Å². The van der Waals surface area contributed by atoms with Gasteiger partial charge in [0.05, 0.1) is 23.9 Å². The Morgan fingerprint density at radius 2 is 2.14 bits per heavy atom. The molecule has 0 bridgehead atoms. The number of rotatable bonds is 4. The lowest BCUT2D eigenvalue weighted by molar-refractivity contribution is 0.165. The molecule has 0 amide bonds. The summed E-state index contributed by atoms with van der Waals surface area (Å²) >= 11 is 1.77. The topological polar surface area (TPSA) is 51.4 Å². The zero-order valence-corrected chi connectivity index (χ0v) is 14.8. The van der Waals surface area contributed by atoms with Gasteiger partial charge in [-0.05, 0) is 57.0 Å². The number of methoxy groups -OCH3 is 1. The number of nitrogens with zero attached hydrogens (tertiary/aromatic N) is 2. The summed E-state index contributed by atoms with van der Waals surface area (Å²) in [4.78, 5) is 7.23. The van der Waals surface area contributed by atoms with Crippen LogP contribution in [0.2, 0.25) is 0 Å². The number of aromatic nitrogens is 1. The number of piperidine rings is 1. The molecule has 1 fully saturated rings. The average Bonchev–Trinajstić information content (AvgIpc) is 2.88. The van der Waals surface area contributed by atoms with E-state index in [1.165, 1.54) is 22.5 Å². The van der Waals surface area contributed by atoms with Crippen LogP contribution in [0, 0.1) is 5.92 Å². The summed E-state index contributed by atoms with van der Waals surface area (Å²) in [7, 11) is 1.70. The number of thiazole rings is 1. The monoisotopic (exact) mass is 341 g/mol. The molecular weight excluding hydrogens is 318 g/mol. The van der Waals surface area contributed by atoms with Crippen molar-refractivity contribution < 1.29 is 4.74 Å². The second-order valence-corrected chi connectivity index (χ2v) is 7.03. The van der Waals surface area contributed by atoms with Gasteiger partial charge < -0.3 is 10.5 Å². The van der Waals surface area contributed by atoms with Crippen molar-refractivity contribution in [1.29, 1.82) is 0 Å². The highest BCUT2D eigenvalue weighted by molar-refractivity contribution is 7.18. The van der Waals surface area contributed by atoms with Gasteiger partial charge in [0.2, 0.25) is 0 Å². The van der Waals surface area contributed by atoms with Crippen molar-refractivity contribution in [3.05, 3.63) is 23.2 Å². The second kappa shape index (κ2) is 7.59. The third-order valence-corrected chi connectivity index (χ3v) is 5.38. The number of ether oxygens (including phenoxy) is 1. The van der Waals surface area contributed by atoms with Crippen LogP contribution in [0.3, 0.4) is 0 Å². The highest BCUT2D eigenvalue weighted by Crippen LogP contribution is 2.28. The molecule has 2 aromatic rings. The van der Waals surface area contributed by atoms with E-state index < -0.39 is 0 Å². The fourth-order valence-electron chi connectivity index (χ4n) is 2.98. The quantitative estimate of drug-likeness (QED) is 0.927. The number of benzene rings is 1. The molecule has 0 aliphatic carbocycles. The standard InChI is InChI=1S/C16H23N3OS.ClH/c1-11(17)12-5-7-19(8-6-12)10-16-18-14-4-3-13(20-2)9-15(14)21-16;/h3-4,9,11-12H,5-8,10,17H2,1-2H3;1H. The van der Waals surface area contributed by atoms with E-state index in [2.05, 4.69) is 17.9 Å². The van der Waals surface area contributed by atoms with Crippen LogP contribution in [-0.2, 0) is 6.54 Å². The minimum absolute atomic E-state index is 0. The maximum atomic E-state index is 6.00. The predicted molar refractivity (Wildman–Crippen MR) is 95.1 cm³/mol. The summed E-state index contributed by atoms with van der Waals surface area (Å²) in [5.74, 6) is 1.58. The van der Waals surface area contributed by atoms with Gasteiger partial charge in [-0.15, -0.1) is 23.7 Å². The lowest BCUT2D eigenvalue weighted by Gasteiger charge is -2.33. The normalized spacial score (nSPS) is 18.1. The molecular formula is C16H24ClN3OS. The zero-order valence-electron chi connectivity index (χ0n) is 13.1. The molecule has 1 aliphatic rings. The third kappa shape index (κ3) is 3.90. The summed E-state index contributed by atoms with van der Waals surface area (Å²) in [6.07, 6.45) is 2.41. The number of hydrogen-bond donors (Lipinski definition) is 1. The Bertz CT molecular complexity index is 608.